The molecule has 1 aromatic heterocycles. The van der Waals surface area contributed by atoms with E-state index in [1.54, 1.807) is 20.8 Å². The van der Waals surface area contributed by atoms with Gasteiger partial charge in [-0.05, 0) is 20.8 Å². The third-order valence-electron chi connectivity index (χ3n) is 1.34. The molecule has 8 heteroatoms. The summed E-state index contributed by atoms with van der Waals surface area (Å²) in [4.78, 5) is 11.1. The lowest BCUT2D eigenvalue weighted by molar-refractivity contribution is -0.453. The molecule has 1 aromatic rings. The number of hydrogen-bond donors (Lipinski definition) is 1. The summed E-state index contributed by atoms with van der Waals surface area (Å²) in [7, 11) is 0. The van der Waals surface area contributed by atoms with Gasteiger partial charge in [0.25, 0.3) is 5.82 Å². The Kier molecular flexibility index (Phi) is 3.21. The fourth-order valence-electron chi connectivity index (χ4n) is 0.875. The van der Waals surface area contributed by atoms with Crippen molar-refractivity contribution in [1.82, 2.24) is 10.3 Å². The number of carbonyl (C=O) groups excluding carboxylic acids is 1. The highest BCUT2D eigenvalue weighted by Crippen LogP contribution is 2.20. The molecule has 0 saturated carbocycles. The molecule has 0 radical (unpaired) electrons. The molecule has 0 atom stereocenters. The van der Waals surface area contributed by atoms with Crippen LogP contribution in [0.15, 0.2) is 9.74 Å². The predicted molar refractivity (Wildman–Crippen MR) is 54.1 cm³/mol. The lowest BCUT2D eigenvalue weighted by Crippen LogP contribution is -2.14. The van der Waals surface area contributed by atoms with Crippen molar-refractivity contribution in [2.75, 3.05) is 5.32 Å². The van der Waals surface area contributed by atoms with Gasteiger partial charge in [-0.15, -0.1) is 14.6 Å². The van der Waals surface area contributed by atoms with Gasteiger partial charge in [0.05, 0.1) is 5.54 Å². The summed E-state index contributed by atoms with van der Waals surface area (Å²) in [6, 6.07) is 0. The Bertz CT molecular complexity index is 418. The third kappa shape index (κ3) is 3.30. The molecule has 0 aliphatic heterocycles. The summed E-state index contributed by atoms with van der Waals surface area (Å²) in [6.45, 7) is 6.55. The average molecular weight is 227 g/mol. The lowest BCUT2D eigenvalue weighted by atomic mass is 10.1. The minimum Gasteiger partial charge on any atom is -0.691 e. The van der Waals surface area contributed by atoms with Crippen LogP contribution >= 0.6 is 0 Å². The fraction of sp³-hybridized carbons (Fsp3) is 0.625. The highest BCUT2D eigenvalue weighted by molar-refractivity contribution is 5.89. The van der Waals surface area contributed by atoms with E-state index in [-0.39, 0.29) is 22.4 Å². The van der Waals surface area contributed by atoms with Crippen LogP contribution in [0.2, 0.25) is 0 Å². The fourth-order valence-corrected chi connectivity index (χ4v) is 0.875. The van der Waals surface area contributed by atoms with Crippen LogP contribution < -0.4 is 5.32 Å². The third-order valence-corrected chi connectivity index (χ3v) is 1.34. The van der Waals surface area contributed by atoms with E-state index in [4.69, 9.17) is 0 Å². The number of nitrogens with one attached hydrogen (secondary N) is 1. The highest BCUT2D eigenvalue weighted by Gasteiger charge is 2.23. The zero-order chi connectivity index (χ0) is 12.3. The summed E-state index contributed by atoms with van der Waals surface area (Å²) in [5, 5.41) is 24.4. The first-order chi connectivity index (χ1) is 7.29. The molecule has 0 aliphatic carbocycles. The number of aromatic nitrogens is 2. The van der Waals surface area contributed by atoms with Gasteiger partial charge >= 0.3 is 5.82 Å². The van der Waals surface area contributed by atoms with E-state index in [0.717, 1.165) is 0 Å². The molecule has 0 aromatic carbocycles. The zero-order valence-corrected chi connectivity index (χ0v) is 9.51. The van der Waals surface area contributed by atoms with Crippen molar-refractivity contribution in [3.8, 4) is 0 Å². The van der Waals surface area contributed by atoms with Crippen LogP contribution in [0.4, 0.5) is 11.6 Å². The van der Waals surface area contributed by atoms with Crippen LogP contribution in [0, 0.1) is 5.21 Å². The number of amides is 1. The number of rotatable bonds is 2. The first-order valence-electron chi connectivity index (χ1n) is 4.60. The molecular formula is C8H13N5O3. The van der Waals surface area contributed by atoms with Gasteiger partial charge in [-0.1, -0.05) is 0 Å². The average Bonchev–Trinajstić information content (AvgIpc) is 2.47. The van der Waals surface area contributed by atoms with Gasteiger partial charge in [0.1, 0.15) is 0 Å². The van der Waals surface area contributed by atoms with Gasteiger partial charge in [0.15, 0.2) is 5.16 Å². The maximum atomic E-state index is 11.6. The molecule has 88 valence electrons. The molecule has 0 saturated heterocycles. The van der Waals surface area contributed by atoms with E-state index in [1.165, 1.54) is 6.92 Å². The molecule has 0 unspecified atom stereocenters. The van der Waals surface area contributed by atoms with E-state index in [2.05, 4.69) is 25.4 Å². The van der Waals surface area contributed by atoms with Gasteiger partial charge < -0.3 is 10.5 Å². The Labute approximate surface area is 91.9 Å². The summed E-state index contributed by atoms with van der Waals surface area (Å²) >= 11 is 0. The minimum atomic E-state index is -0.561. The molecular weight excluding hydrogens is 214 g/mol. The minimum absolute atomic E-state index is 0.0458. The van der Waals surface area contributed by atoms with Crippen molar-refractivity contribution in [2.45, 2.75) is 33.2 Å². The summed E-state index contributed by atoms with van der Waals surface area (Å²) in [5.41, 5.74) is -0.561. The van der Waals surface area contributed by atoms with E-state index in [0.29, 0.717) is 0 Å². The summed E-state index contributed by atoms with van der Waals surface area (Å²) in [6.07, 6.45) is 0. The van der Waals surface area contributed by atoms with Crippen molar-refractivity contribution >= 4 is 17.5 Å². The molecule has 1 heterocycles. The van der Waals surface area contributed by atoms with Crippen LogP contribution in [0.5, 0.6) is 0 Å². The summed E-state index contributed by atoms with van der Waals surface area (Å²) in [5.74, 6) is -0.596. The molecule has 1 amide bonds. The van der Waals surface area contributed by atoms with Crippen LogP contribution in [0.25, 0.3) is 0 Å². The van der Waals surface area contributed by atoms with E-state index >= 15 is 0 Å². The largest absolute Gasteiger partial charge is 0.691 e. The Morgan fingerprint density at radius 3 is 2.62 bits per heavy atom. The Hall–Kier alpha value is -1.99. The lowest BCUT2D eigenvalue weighted by Gasteiger charge is -2.11. The maximum Gasteiger partial charge on any atom is 0.442 e. The molecule has 0 aliphatic rings. The van der Waals surface area contributed by atoms with Gasteiger partial charge in [0, 0.05) is 12.1 Å². The van der Waals surface area contributed by atoms with Crippen molar-refractivity contribution in [1.29, 1.82) is 0 Å². The van der Waals surface area contributed by atoms with Crippen LogP contribution in [0.1, 0.15) is 27.7 Å². The van der Waals surface area contributed by atoms with E-state index in [1.807, 2.05) is 0 Å². The van der Waals surface area contributed by atoms with Crippen molar-refractivity contribution in [2.24, 2.45) is 5.11 Å². The predicted octanol–water partition coefficient (Wildman–Crippen LogP) is 1.42. The second-order valence-electron chi connectivity index (χ2n) is 4.16. The number of hydrogen-bond acceptors (Lipinski definition) is 6. The van der Waals surface area contributed by atoms with E-state index in [9.17, 15) is 10.0 Å². The van der Waals surface area contributed by atoms with Gasteiger partial charge in [-0.2, -0.15) is 0 Å². The van der Waals surface area contributed by atoms with Gasteiger partial charge in [-0.25, -0.2) is 0 Å². The zero-order valence-electron chi connectivity index (χ0n) is 9.51. The second kappa shape index (κ2) is 4.25. The number of nitrogens with zero attached hydrogens (tertiary/aromatic N) is 4. The van der Waals surface area contributed by atoms with Crippen LogP contribution in [0.3, 0.4) is 0 Å². The Balaban J connectivity index is 3.00. The van der Waals surface area contributed by atoms with Gasteiger partial charge in [0.2, 0.25) is 5.91 Å². The molecule has 16 heavy (non-hydrogen) atoms. The standard InChI is InChI=1S/C8H13N5O3/c1-5(14)9-6-7(11-16-10-6)13(15)12-8(2,3)4/h1-4H3,(H,9,10,14). The molecule has 8 nitrogen and oxygen atoms in total. The van der Waals surface area contributed by atoms with Crippen LogP contribution in [-0.2, 0) is 4.79 Å². The second-order valence-corrected chi connectivity index (χ2v) is 4.16. The maximum absolute atomic E-state index is 11.6. The van der Waals surface area contributed by atoms with Crippen LogP contribution in [-0.4, -0.2) is 26.6 Å². The first-order valence-corrected chi connectivity index (χ1v) is 4.60. The normalized spacial score (nSPS) is 12.6. The molecule has 0 spiro atoms. The molecule has 1 rings (SSSR count). The number of azo groups is 1. The first kappa shape index (κ1) is 12.1. The smallest absolute Gasteiger partial charge is 0.442 e. The molecule has 0 bridgehead atoms. The SMILES string of the molecule is CC(=O)Nc1nonc1[N+]([O-])=NC(C)(C)C. The number of anilines is 1. The molecule has 1 N–H and O–H groups in total. The molecule has 0 fully saturated rings. The highest BCUT2D eigenvalue weighted by atomic mass is 16.6. The number of carbonyl (C=O) groups is 1. The topological polar surface area (TPSA) is 106 Å². The Morgan fingerprint density at radius 1 is 1.50 bits per heavy atom. The van der Waals surface area contributed by atoms with Crippen molar-refractivity contribution in [3.63, 3.8) is 0 Å². The monoisotopic (exact) mass is 227 g/mol. The quantitative estimate of drug-likeness (QED) is 0.467. The van der Waals surface area contributed by atoms with Crippen molar-refractivity contribution in [3.05, 3.63) is 5.21 Å². The van der Waals surface area contributed by atoms with Crippen molar-refractivity contribution < 1.29 is 14.3 Å². The Morgan fingerprint density at radius 2 is 2.12 bits per heavy atom. The summed E-state index contributed by atoms with van der Waals surface area (Å²) < 4.78 is 4.37. The van der Waals surface area contributed by atoms with E-state index < -0.39 is 5.54 Å². The van der Waals surface area contributed by atoms with Gasteiger partial charge in [-0.3, -0.25) is 4.79 Å².